The van der Waals surface area contributed by atoms with E-state index in [1.54, 1.807) is 72.8 Å². The number of hydrogen-bond acceptors (Lipinski definition) is 6. The maximum Gasteiger partial charge on any atom is 0.335 e. The summed E-state index contributed by atoms with van der Waals surface area (Å²) in [5.41, 5.74) is 0.509. The number of nitrogens with one attached hydrogen (secondary N) is 2. The number of hydrogen-bond donors (Lipinski definition) is 3. The Kier molecular flexibility index (Phi) is 5.83. The summed E-state index contributed by atoms with van der Waals surface area (Å²) in [5, 5.41) is 23.7. The van der Waals surface area contributed by atoms with E-state index in [1.807, 2.05) is 19.1 Å². The predicted octanol–water partition coefficient (Wildman–Crippen LogP) is 3.26. The molecule has 0 aliphatic carbocycles. The zero-order chi connectivity index (χ0) is 26.1. The first kappa shape index (κ1) is 23.3. The summed E-state index contributed by atoms with van der Waals surface area (Å²) >= 11 is 0. The molecule has 0 radical (unpaired) electrons. The van der Waals surface area contributed by atoms with Crippen molar-refractivity contribution in [2.75, 3.05) is 5.32 Å². The zero-order valence-corrected chi connectivity index (χ0v) is 19.5. The fourth-order valence-corrected chi connectivity index (χ4v) is 4.19. The van der Waals surface area contributed by atoms with E-state index in [0.29, 0.717) is 22.5 Å². The number of aromatic nitrogens is 2. The summed E-state index contributed by atoms with van der Waals surface area (Å²) in [6.07, 6.45) is 0. The molecule has 0 unspecified atom stereocenters. The SMILES string of the molecule is Cc1cccc(NC(=O)/C(C#N)=C2/N=C(c3c(O)n(-c4ccccc4)c(=O)[nH]c3=O)c3ccccc32)c1. The molecule has 3 aromatic carbocycles. The van der Waals surface area contributed by atoms with Crippen LogP contribution in [-0.4, -0.2) is 26.3 Å². The van der Waals surface area contributed by atoms with Crippen LogP contribution in [0.15, 0.2) is 99.0 Å². The maximum absolute atomic E-state index is 13.1. The Morgan fingerprint density at radius 2 is 1.70 bits per heavy atom. The number of nitriles is 1. The highest BCUT2D eigenvalue weighted by molar-refractivity contribution is 6.24. The van der Waals surface area contributed by atoms with E-state index < -0.39 is 23.0 Å². The third kappa shape index (κ3) is 4.13. The number of carbonyl (C=O) groups excluding carboxylic acids is 1. The van der Waals surface area contributed by atoms with Gasteiger partial charge in [-0.05, 0) is 36.8 Å². The molecule has 1 amide bonds. The van der Waals surface area contributed by atoms with Crippen LogP contribution >= 0.6 is 0 Å². The Morgan fingerprint density at radius 1 is 1.00 bits per heavy atom. The summed E-state index contributed by atoms with van der Waals surface area (Å²) in [5.74, 6) is -1.28. The van der Waals surface area contributed by atoms with Gasteiger partial charge < -0.3 is 10.4 Å². The molecule has 3 N–H and O–H groups in total. The maximum atomic E-state index is 13.1. The van der Waals surface area contributed by atoms with E-state index in [9.17, 15) is 24.8 Å². The first-order chi connectivity index (χ1) is 17.9. The molecule has 180 valence electrons. The molecular formula is C28H19N5O4. The zero-order valence-electron chi connectivity index (χ0n) is 19.5. The molecule has 0 atom stereocenters. The Hall–Kier alpha value is -5.49. The Morgan fingerprint density at radius 3 is 2.41 bits per heavy atom. The molecule has 5 rings (SSSR count). The fraction of sp³-hybridized carbons (Fsp3) is 0.0357. The highest BCUT2D eigenvalue weighted by atomic mass is 16.3. The van der Waals surface area contributed by atoms with Crippen LogP contribution in [0.5, 0.6) is 5.88 Å². The smallest absolute Gasteiger partial charge is 0.335 e. The Labute approximate surface area is 210 Å². The second kappa shape index (κ2) is 9.28. The number of aromatic hydroxyl groups is 1. The van der Waals surface area contributed by atoms with Crippen molar-refractivity contribution in [1.29, 1.82) is 5.26 Å². The third-order valence-electron chi connectivity index (χ3n) is 5.85. The summed E-state index contributed by atoms with van der Waals surface area (Å²) in [6, 6.07) is 24.1. The van der Waals surface area contributed by atoms with Gasteiger partial charge in [0.05, 0.1) is 17.1 Å². The molecule has 0 saturated carbocycles. The van der Waals surface area contributed by atoms with E-state index in [4.69, 9.17) is 0 Å². The van der Waals surface area contributed by atoms with Crippen molar-refractivity contribution >= 4 is 23.0 Å². The van der Waals surface area contributed by atoms with E-state index >= 15 is 0 Å². The Bertz CT molecular complexity index is 1790. The average Bonchev–Trinajstić information content (AvgIpc) is 3.24. The second-order valence-electron chi connectivity index (χ2n) is 8.29. The highest BCUT2D eigenvalue weighted by Crippen LogP contribution is 2.35. The van der Waals surface area contributed by atoms with Crippen LogP contribution in [0.2, 0.25) is 0 Å². The number of aliphatic imine (C=N–C) groups is 1. The third-order valence-corrected chi connectivity index (χ3v) is 5.85. The number of anilines is 1. The van der Waals surface area contributed by atoms with Crippen LogP contribution in [0.1, 0.15) is 22.3 Å². The molecule has 9 heteroatoms. The topological polar surface area (TPSA) is 140 Å². The standard InChI is InChI=1S/C28H19N5O4/c1-16-8-7-9-17(14-16)30-25(34)21(15-29)23-19-12-5-6-13-20(19)24(31-23)22-26(35)32-28(37)33(27(22)36)18-10-3-2-4-11-18/h2-14,36H,1H3,(H,30,34)(H,32,35,37)/b23-21+. The number of H-pyrrole nitrogens is 1. The number of amides is 1. The van der Waals surface area contributed by atoms with Crippen molar-refractivity contribution in [2.24, 2.45) is 4.99 Å². The number of para-hydroxylation sites is 1. The molecular weight excluding hydrogens is 470 g/mol. The minimum Gasteiger partial charge on any atom is -0.493 e. The first-order valence-electron chi connectivity index (χ1n) is 11.2. The molecule has 4 aromatic rings. The van der Waals surface area contributed by atoms with Gasteiger partial charge in [0.1, 0.15) is 17.2 Å². The summed E-state index contributed by atoms with van der Waals surface area (Å²) < 4.78 is 0.958. The minimum atomic E-state index is -0.854. The number of benzene rings is 3. The van der Waals surface area contributed by atoms with Crippen LogP contribution in [0, 0.1) is 18.3 Å². The lowest BCUT2D eigenvalue weighted by Gasteiger charge is -2.11. The van der Waals surface area contributed by atoms with Crippen molar-refractivity contribution in [3.8, 4) is 17.6 Å². The highest BCUT2D eigenvalue weighted by Gasteiger charge is 2.31. The lowest BCUT2D eigenvalue weighted by Crippen LogP contribution is -2.33. The molecule has 1 aromatic heterocycles. The molecule has 2 heterocycles. The summed E-state index contributed by atoms with van der Waals surface area (Å²) in [6.45, 7) is 1.88. The van der Waals surface area contributed by atoms with Crippen LogP contribution in [0.4, 0.5) is 5.69 Å². The van der Waals surface area contributed by atoms with E-state index in [2.05, 4.69) is 15.3 Å². The van der Waals surface area contributed by atoms with Gasteiger partial charge in [-0.3, -0.25) is 14.6 Å². The molecule has 1 aliphatic heterocycles. The number of aryl methyl sites for hydroxylation is 1. The number of nitrogens with zero attached hydrogens (tertiary/aromatic N) is 3. The minimum absolute atomic E-state index is 0.0325. The Balaban J connectivity index is 1.70. The summed E-state index contributed by atoms with van der Waals surface area (Å²) in [7, 11) is 0. The quantitative estimate of drug-likeness (QED) is 0.298. The van der Waals surface area contributed by atoms with Gasteiger partial charge in [-0.25, -0.2) is 14.4 Å². The van der Waals surface area contributed by atoms with Crippen molar-refractivity contribution in [3.05, 3.63) is 128 Å². The monoisotopic (exact) mass is 489 g/mol. The number of fused-ring (bicyclic) bond motifs is 1. The fourth-order valence-electron chi connectivity index (χ4n) is 4.19. The van der Waals surface area contributed by atoms with E-state index in [-0.39, 0.29) is 22.5 Å². The molecule has 9 nitrogen and oxygen atoms in total. The van der Waals surface area contributed by atoms with Crippen LogP contribution < -0.4 is 16.6 Å². The number of rotatable bonds is 4. The van der Waals surface area contributed by atoms with Gasteiger partial charge in [0.15, 0.2) is 0 Å². The molecule has 0 bridgehead atoms. The van der Waals surface area contributed by atoms with Crippen molar-refractivity contribution in [1.82, 2.24) is 9.55 Å². The van der Waals surface area contributed by atoms with E-state index in [0.717, 1.165) is 10.1 Å². The average molecular weight is 489 g/mol. The van der Waals surface area contributed by atoms with Crippen molar-refractivity contribution < 1.29 is 9.90 Å². The van der Waals surface area contributed by atoms with Gasteiger partial charge >= 0.3 is 5.69 Å². The first-order valence-corrected chi connectivity index (χ1v) is 11.2. The largest absolute Gasteiger partial charge is 0.493 e. The van der Waals surface area contributed by atoms with Crippen LogP contribution in [-0.2, 0) is 4.79 Å². The van der Waals surface area contributed by atoms with Crippen molar-refractivity contribution in [2.45, 2.75) is 6.92 Å². The van der Waals surface area contributed by atoms with Gasteiger partial charge in [0.2, 0.25) is 5.88 Å². The number of carbonyl (C=O) groups is 1. The second-order valence-corrected chi connectivity index (χ2v) is 8.29. The molecule has 0 saturated heterocycles. The predicted molar refractivity (Wildman–Crippen MR) is 139 cm³/mol. The van der Waals surface area contributed by atoms with Crippen LogP contribution in [0.3, 0.4) is 0 Å². The van der Waals surface area contributed by atoms with Gasteiger partial charge in [0.25, 0.3) is 11.5 Å². The lowest BCUT2D eigenvalue weighted by atomic mass is 9.99. The van der Waals surface area contributed by atoms with Crippen molar-refractivity contribution in [3.63, 3.8) is 0 Å². The lowest BCUT2D eigenvalue weighted by molar-refractivity contribution is -0.112. The number of aromatic amines is 1. The normalized spacial score (nSPS) is 13.4. The van der Waals surface area contributed by atoms with E-state index in [1.165, 1.54) is 0 Å². The molecule has 1 aliphatic rings. The molecule has 37 heavy (non-hydrogen) atoms. The molecule has 0 spiro atoms. The van der Waals surface area contributed by atoms with Gasteiger partial charge in [-0.15, -0.1) is 0 Å². The summed E-state index contributed by atoms with van der Waals surface area (Å²) in [4.78, 5) is 45.3. The van der Waals surface area contributed by atoms with Crippen LogP contribution in [0.25, 0.3) is 11.4 Å². The van der Waals surface area contributed by atoms with Gasteiger partial charge in [0, 0.05) is 16.8 Å². The van der Waals surface area contributed by atoms with Gasteiger partial charge in [-0.2, -0.15) is 5.26 Å². The van der Waals surface area contributed by atoms with Gasteiger partial charge in [-0.1, -0.05) is 54.6 Å². The molecule has 0 fully saturated rings.